The van der Waals surface area contributed by atoms with E-state index < -0.39 is 30.1 Å². The lowest BCUT2D eigenvalue weighted by atomic mass is 9.90. The predicted molar refractivity (Wildman–Crippen MR) is 156 cm³/mol. The fourth-order valence-corrected chi connectivity index (χ4v) is 6.22. The van der Waals surface area contributed by atoms with E-state index in [-0.39, 0.29) is 25.0 Å². The van der Waals surface area contributed by atoms with Crippen molar-refractivity contribution in [1.82, 2.24) is 15.1 Å². The molecule has 1 fully saturated rings. The average molecular weight is 556 g/mol. The monoisotopic (exact) mass is 555 g/mol. The number of carbonyl (C=O) groups is 3. The van der Waals surface area contributed by atoms with Crippen LogP contribution in [0.5, 0.6) is 0 Å². The van der Waals surface area contributed by atoms with Crippen molar-refractivity contribution in [2.24, 2.45) is 5.92 Å². The number of likely N-dealkylation sites (tertiary alicyclic amines) is 1. The van der Waals surface area contributed by atoms with Crippen molar-refractivity contribution in [2.75, 3.05) is 26.7 Å². The molecule has 0 bridgehead atoms. The Kier molecular flexibility index (Phi) is 8.69. The van der Waals surface area contributed by atoms with Gasteiger partial charge in [-0.1, -0.05) is 78.9 Å². The summed E-state index contributed by atoms with van der Waals surface area (Å²) in [4.78, 5) is 42.4. The first-order valence-electron chi connectivity index (χ1n) is 14.2. The van der Waals surface area contributed by atoms with Gasteiger partial charge >= 0.3 is 12.1 Å². The molecule has 2 amide bonds. The van der Waals surface area contributed by atoms with Gasteiger partial charge in [-0.15, -0.1) is 0 Å². The SMILES string of the molecule is C[C@@H]1[C@H](C(=O)O)CCCN1C(=O)C(CN(C)Cc1ccccc1)NC(=O)OCC1c2ccccc2-c2ccccc21. The molecule has 214 valence electrons. The highest BCUT2D eigenvalue weighted by atomic mass is 16.5. The van der Waals surface area contributed by atoms with Crippen molar-refractivity contribution in [2.45, 2.75) is 44.3 Å². The molecule has 1 aliphatic carbocycles. The zero-order valence-corrected chi connectivity index (χ0v) is 23.5. The van der Waals surface area contributed by atoms with Crippen molar-refractivity contribution in [3.8, 4) is 11.1 Å². The van der Waals surface area contributed by atoms with Crippen LogP contribution in [0.25, 0.3) is 11.1 Å². The van der Waals surface area contributed by atoms with E-state index in [2.05, 4.69) is 29.6 Å². The molecule has 1 saturated heterocycles. The standard InChI is InChI=1S/C33H37N3O5/c1-22-24(32(38)39)17-10-18-36(22)31(37)30(20-35(2)19-23-11-4-3-5-12-23)34-33(40)41-21-29-27-15-8-6-13-25(27)26-14-7-9-16-28(26)29/h3-9,11-16,22,24,29-30H,10,17-21H2,1-2H3,(H,34,40)(H,38,39)/t22-,24-,30?/m1/s1. The number of hydrogen-bond donors (Lipinski definition) is 2. The highest BCUT2D eigenvalue weighted by molar-refractivity contribution is 5.87. The van der Waals surface area contributed by atoms with E-state index in [0.29, 0.717) is 25.9 Å². The first kappa shape index (κ1) is 28.4. The van der Waals surface area contributed by atoms with Gasteiger partial charge in [0.05, 0.1) is 5.92 Å². The van der Waals surface area contributed by atoms with Crippen molar-refractivity contribution in [3.63, 3.8) is 0 Å². The van der Waals surface area contributed by atoms with E-state index >= 15 is 0 Å². The van der Waals surface area contributed by atoms with Gasteiger partial charge in [-0.3, -0.25) is 14.5 Å². The van der Waals surface area contributed by atoms with Gasteiger partial charge in [0.2, 0.25) is 5.91 Å². The Bertz CT molecular complexity index is 1350. The number of carboxylic acid groups (broad SMARTS) is 1. The number of alkyl carbamates (subject to hydrolysis) is 1. The molecule has 1 aliphatic heterocycles. The third-order valence-electron chi connectivity index (χ3n) is 8.31. The third-order valence-corrected chi connectivity index (χ3v) is 8.31. The van der Waals surface area contributed by atoms with Crippen LogP contribution >= 0.6 is 0 Å². The number of benzene rings is 3. The minimum absolute atomic E-state index is 0.0958. The van der Waals surface area contributed by atoms with Crippen LogP contribution in [0, 0.1) is 5.92 Å². The van der Waals surface area contributed by atoms with Gasteiger partial charge in [0.15, 0.2) is 0 Å². The highest BCUT2D eigenvalue weighted by Gasteiger charge is 2.39. The summed E-state index contributed by atoms with van der Waals surface area (Å²) in [7, 11) is 1.90. The zero-order chi connectivity index (χ0) is 28.9. The fraction of sp³-hybridized carbons (Fsp3) is 0.364. The van der Waals surface area contributed by atoms with E-state index in [0.717, 1.165) is 27.8 Å². The minimum atomic E-state index is -0.905. The molecule has 41 heavy (non-hydrogen) atoms. The van der Waals surface area contributed by atoms with Gasteiger partial charge in [0.1, 0.15) is 12.6 Å². The first-order chi connectivity index (χ1) is 19.8. The lowest BCUT2D eigenvalue weighted by Crippen LogP contribution is -2.58. The van der Waals surface area contributed by atoms with E-state index in [1.54, 1.807) is 11.8 Å². The van der Waals surface area contributed by atoms with Gasteiger partial charge in [0.25, 0.3) is 0 Å². The molecule has 3 aromatic rings. The summed E-state index contributed by atoms with van der Waals surface area (Å²) in [6, 6.07) is 24.8. The number of piperidine rings is 1. The van der Waals surface area contributed by atoms with Crippen molar-refractivity contribution < 1.29 is 24.2 Å². The van der Waals surface area contributed by atoms with Crippen LogP contribution in [0.4, 0.5) is 4.79 Å². The molecule has 2 N–H and O–H groups in total. The summed E-state index contributed by atoms with van der Waals surface area (Å²) in [5, 5.41) is 12.5. The lowest BCUT2D eigenvalue weighted by Gasteiger charge is -2.39. The number of amides is 2. The maximum atomic E-state index is 13.8. The van der Waals surface area contributed by atoms with Crippen LogP contribution < -0.4 is 5.32 Å². The van der Waals surface area contributed by atoms with Gasteiger partial charge in [-0.05, 0) is 54.6 Å². The van der Waals surface area contributed by atoms with Crippen LogP contribution in [-0.2, 0) is 20.9 Å². The largest absolute Gasteiger partial charge is 0.481 e. The second kappa shape index (κ2) is 12.6. The summed E-state index contributed by atoms with van der Waals surface area (Å²) in [6.45, 7) is 3.20. The predicted octanol–water partition coefficient (Wildman–Crippen LogP) is 4.74. The van der Waals surface area contributed by atoms with Crippen molar-refractivity contribution in [3.05, 3.63) is 95.6 Å². The third kappa shape index (κ3) is 6.28. The Labute approximate surface area is 240 Å². The number of nitrogens with zero attached hydrogens (tertiary/aromatic N) is 2. The smallest absolute Gasteiger partial charge is 0.407 e. The van der Waals surface area contributed by atoms with Crippen LogP contribution in [0.2, 0.25) is 0 Å². The molecule has 8 nitrogen and oxygen atoms in total. The molecule has 1 unspecified atom stereocenters. The molecular formula is C33H37N3O5. The summed E-state index contributed by atoms with van der Waals surface area (Å²) in [5.41, 5.74) is 5.58. The number of carboxylic acids is 1. The van der Waals surface area contributed by atoms with E-state index in [4.69, 9.17) is 4.74 Å². The zero-order valence-electron chi connectivity index (χ0n) is 23.5. The first-order valence-corrected chi connectivity index (χ1v) is 14.2. The average Bonchev–Trinajstić information content (AvgIpc) is 3.29. The van der Waals surface area contributed by atoms with Gasteiger partial charge in [-0.2, -0.15) is 0 Å². The van der Waals surface area contributed by atoms with Gasteiger partial charge in [-0.25, -0.2) is 4.79 Å². The molecule has 1 heterocycles. The number of rotatable bonds is 9. The second-order valence-corrected chi connectivity index (χ2v) is 11.1. The van der Waals surface area contributed by atoms with Crippen LogP contribution in [0.1, 0.15) is 42.4 Å². The normalized spacial score (nSPS) is 18.9. The molecule has 0 saturated carbocycles. The van der Waals surface area contributed by atoms with Crippen LogP contribution in [0.3, 0.4) is 0 Å². The molecule has 8 heteroatoms. The van der Waals surface area contributed by atoms with Gasteiger partial charge in [0, 0.05) is 31.6 Å². The summed E-state index contributed by atoms with van der Waals surface area (Å²) >= 11 is 0. The molecule has 5 rings (SSSR count). The van der Waals surface area contributed by atoms with E-state index in [1.807, 2.05) is 66.5 Å². The minimum Gasteiger partial charge on any atom is -0.481 e. The molecule has 3 aromatic carbocycles. The number of nitrogens with one attached hydrogen (secondary N) is 1. The number of hydrogen-bond acceptors (Lipinski definition) is 5. The second-order valence-electron chi connectivity index (χ2n) is 11.1. The summed E-state index contributed by atoms with van der Waals surface area (Å²) in [5.74, 6) is -1.93. The molecule has 2 aliphatic rings. The lowest BCUT2D eigenvalue weighted by molar-refractivity contribution is -0.150. The fourth-order valence-electron chi connectivity index (χ4n) is 6.22. The Hall–Kier alpha value is -4.17. The summed E-state index contributed by atoms with van der Waals surface area (Å²) < 4.78 is 5.76. The van der Waals surface area contributed by atoms with E-state index in [9.17, 15) is 19.5 Å². The Morgan fingerprint density at radius 3 is 2.22 bits per heavy atom. The Morgan fingerprint density at radius 1 is 0.976 bits per heavy atom. The maximum Gasteiger partial charge on any atom is 0.407 e. The quantitative estimate of drug-likeness (QED) is 0.396. The topological polar surface area (TPSA) is 99.2 Å². The summed E-state index contributed by atoms with van der Waals surface area (Å²) in [6.07, 6.45) is 0.459. The maximum absolute atomic E-state index is 13.8. The number of likely N-dealkylation sites (N-methyl/N-ethyl adjacent to an activating group) is 1. The van der Waals surface area contributed by atoms with Gasteiger partial charge < -0.3 is 20.1 Å². The van der Waals surface area contributed by atoms with Crippen molar-refractivity contribution >= 4 is 18.0 Å². The van der Waals surface area contributed by atoms with Crippen molar-refractivity contribution in [1.29, 1.82) is 0 Å². The number of fused-ring (bicyclic) bond motifs is 3. The Balaban J connectivity index is 1.30. The number of aliphatic carboxylic acids is 1. The molecular weight excluding hydrogens is 518 g/mol. The molecule has 0 spiro atoms. The van der Waals surface area contributed by atoms with E-state index in [1.165, 1.54) is 0 Å². The number of ether oxygens (including phenoxy) is 1. The number of carbonyl (C=O) groups excluding carboxylic acids is 2. The van der Waals surface area contributed by atoms with Crippen LogP contribution in [-0.4, -0.2) is 71.7 Å². The van der Waals surface area contributed by atoms with Crippen LogP contribution in [0.15, 0.2) is 78.9 Å². The molecule has 3 atom stereocenters. The Morgan fingerprint density at radius 2 is 1.59 bits per heavy atom. The molecule has 0 radical (unpaired) electrons. The highest BCUT2D eigenvalue weighted by Crippen LogP contribution is 2.44. The molecule has 0 aromatic heterocycles.